The van der Waals surface area contributed by atoms with Gasteiger partial charge in [-0.05, 0) is 48.9 Å². The van der Waals surface area contributed by atoms with Crippen molar-refractivity contribution in [2.75, 3.05) is 29.7 Å². The van der Waals surface area contributed by atoms with Crippen LogP contribution in [0.3, 0.4) is 0 Å². The first-order chi connectivity index (χ1) is 9.54. The van der Waals surface area contributed by atoms with Gasteiger partial charge in [-0.3, -0.25) is 4.72 Å². The van der Waals surface area contributed by atoms with Crippen LogP contribution in [0.15, 0.2) is 18.2 Å². The molecule has 1 aromatic carbocycles. The minimum Gasteiger partial charge on any atom is -0.384 e. The molecule has 0 atom stereocenters. The highest BCUT2D eigenvalue weighted by Crippen LogP contribution is 2.26. The maximum Gasteiger partial charge on any atom is 0.301 e. The second-order valence-corrected chi connectivity index (χ2v) is 7.41. The third-order valence-corrected chi connectivity index (χ3v) is 5.68. The summed E-state index contributed by atoms with van der Waals surface area (Å²) in [4.78, 5) is 0. The maximum atomic E-state index is 12.4. The highest BCUT2D eigenvalue weighted by atomic mass is 32.2. The fraction of sp³-hybridized carbons (Fsp3) is 0.571. The Morgan fingerprint density at radius 3 is 2.80 bits per heavy atom. The number of hydrogen-bond acceptors (Lipinski definition) is 3. The Balaban J connectivity index is 1.73. The number of rotatable bonds is 3. The van der Waals surface area contributed by atoms with Crippen LogP contribution in [0.4, 0.5) is 11.4 Å². The molecule has 20 heavy (non-hydrogen) atoms. The van der Waals surface area contributed by atoms with E-state index in [1.807, 2.05) is 18.2 Å². The van der Waals surface area contributed by atoms with Crippen LogP contribution < -0.4 is 10.0 Å². The Labute approximate surface area is 120 Å². The van der Waals surface area contributed by atoms with Gasteiger partial charge in [-0.25, -0.2) is 0 Å². The van der Waals surface area contributed by atoms with Crippen molar-refractivity contribution in [2.45, 2.75) is 26.2 Å². The third-order valence-electron chi connectivity index (χ3n) is 4.14. The van der Waals surface area contributed by atoms with Crippen molar-refractivity contribution in [2.24, 2.45) is 5.92 Å². The summed E-state index contributed by atoms with van der Waals surface area (Å²) in [7, 11) is -3.41. The predicted octanol–water partition coefficient (Wildman–Crippen LogP) is 2.04. The zero-order chi connectivity index (χ0) is 14.2. The summed E-state index contributed by atoms with van der Waals surface area (Å²) in [6, 6.07) is 5.69. The molecule has 2 aliphatic heterocycles. The van der Waals surface area contributed by atoms with Gasteiger partial charge in [-0.15, -0.1) is 0 Å². The average molecular weight is 295 g/mol. The van der Waals surface area contributed by atoms with Gasteiger partial charge in [0.25, 0.3) is 0 Å². The van der Waals surface area contributed by atoms with E-state index >= 15 is 0 Å². The minimum absolute atomic E-state index is 0.614. The summed E-state index contributed by atoms with van der Waals surface area (Å²) < 4.78 is 29.0. The largest absolute Gasteiger partial charge is 0.384 e. The Kier molecular flexibility index (Phi) is 3.60. The van der Waals surface area contributed by atoms with Crippen molar-refractivity contribution >= 4 is 21.6 Å². The van der Waals surface area contributed by atoms with Gasteiger partial charge >= 0.3 is 10.2 Å². The first-order valence-corrected chi connectivity index (χ1v) is 8.63. The Hall–Kier alpha value is -1.27. The smallest absolute Gasteiger partial charge is 0.301 e. The summed E-state index contributed by atoms with van der Waals surface area (Å²) in [5, 5.41) is 3.27. The molecular formula is C14H21N3O2S. The highest BCUT2D eigenvalue weighted by molar-refractivity contribution is 7.90. The van der Waals surface area contributed by atoms with Crippen molar-refractivity contribution in [3.63, 3.8) is 0 Å². The van der Waals surface area contributed by atoms with Crippen LogP contribution in [0, 0.1) is 5.92 Å². The van der Waals surface area contributed by atoms with Crippen LogP contribution >= 0.6 is 0 Å². The molecule has 0 spiro atoms. The molecule has 0 radical (unpaired) electrons. The molecule has 110 valence electrons. The summed E-state index contributed by atoms with van der Waals surface area (Å²) in [5.74, 6) is 0.618. The molecule has 0 bridgehead atoms. The number of anilines is 2. The Morgan fingerprint density at radius 1 is 1.30 bits per heavy atom. The molecule has 5 nitrogen and oxygen atoms in total. The number of hydrogen-bond donors (Lipinski definition) is 2. The molecule has 2 heterocycles. The number of benzene rings is 1. The maximum absolute atomic E-state index is 12.4. The van der Waals surface area contributed by atoms with Crippen LogP contribution in [0.1, 0.15) is 25.3 Å². The molecule has 1 fully saturated rings. The molecule has 0 aromatic heterocycles. The SMILES string of the molecule is CC1CCN(S(=O)(=O)Nc2ccc3c(c2)CCN3)CC1. The van der Waals surface area contributed by atoms with E-state index in [1.165, 1.54) is 5.56 Å². The topological polar surface area (TPSA) is 61.4 Å². The van der Waals surface area contributed by atoms with E-state index in [9.17, 15) is 8.42 Å². The van der Waals surface area contributed by atoms with Crippen molar-refractivity contribution in [3.05, 3.63) is 23.8 Å². The molecule has 0 aliphatic carbocycles. The molecule has 3 rings (SSSR count). The first kappa shape index (κ1) is 13.7. The zero-order valence-corrected chi connectivity index (χ0v) is 12.5. The second kappa shape index (κ2) is 5.26. The van der Waals surface area contributed by atoms with Gasteiger partial charge in [0.1, 0.15) is 0 Å². The average Bonchev–Trinajstić information content (AvgIpc) is 2.86. The summed E-state index contributed by atoms with van der Waals surface area (Å²) in [6.07, 6.45) is 2.83. The fourth-order valence-electron chi connectivity index (χ4n) is 2.81. The van der Waals surface area contributed by atoms with Crippen molar-refractivity contribution in [1.82, 2.24) is 4.31 Å². The Morgan fingerprint density at radius 2 is 2.05 bits per heavy atom. The van der Waals surface area contributed by atoms with Crippen molar-refractivity contribution in [3.8, 4) is 0 Å². The predicted molar refractivity (Wildman–Crippen MR) is 81.1 cm³/mol. The minimum atomic E-state index is -3.41. The summed E-state index contributed by atoms with van der Waals surface area (Å²) >= 11 is 0. The number of piperidine rings is 1. The molecule has 0 amide bonds. The molecule has 2 N–H and O–H groups in total. The van der Waals surface area contributed by atoms with E-state index < -0.39 is 10.2 Å². The third kappa shape index (κ3) is 2.76. The van der Waals surface area contributed by atoms with Crippen molar-refractivity contribution in [1.29, 1.82) is 0 Å². The van der Waals surface area contributed by atoms with E-state index in [-0.39, 0.29) is 0 Å². The summed E-state index contributed by atoms with van der Waals surface area (Å²) in [6.45, 7) is 4.33. The second-order valence-electron chi connectivity index (χ2n) is 5.74. The van der Waals surface area contributed by atoms with E-state index in [1.54, 1.807) is 4.31 Å². The quantitative estimate of drug-likeness (QED) is 0.897. The van der Waals surface area contributed by atoms with Crippen LogP contribution in [-0.4, -0.2) is 32.4 Å². The molecular weight excluding hydrogens is 274 g/mol. The molecule has 0 saturated carbocycles. The zero-order valence-electron chi connectivity index (χ0n) is 11.7. The van der Waals surface area contributed by atoms with Crippen LogP contribution in [-0.2, 0) is 16.6 Å². The number of nitrogens with one attached hydrogen (secondary N) is 2. The number of fused-ring (bicyclic) bond motifs is 1. The van der Waals surface area contributed by atoms with Gasteiger partial charge in [-0.1, -0.05) is 6.92 Å². The molecule has 6 heteroatoms. The summed E-state index contributed by atoms with van der Waals surface area (Å²) in [5.41, 5.74) is 2.95. The molecule has 2 aliphatic rings. The lowest BCUT2D eigenvalue weighted by molar-refractivity contribution is 0.289. The lowest BCUT2D eigenvalue weighted by atomic mass is 10.0. The molecule has 0 unspecified atom stereocenters. The monoisotopic (exact) mass is 295 g/mol. The van der Waals surface area contributed by atoms with Gasteiger partial charge in [-0.2, -0.15) is 12.7 Å². The number of nitrogens with zero attached hydrogens (tertiary/aromatic N) is 1. The normalized spacial score (nSPS) is 20.4. The lowest BCUT2D eigenvalue weighted by Crippen LogP contribution is -2.41. The van der Waals surface area contributed by atoms with E-state index in [0.717, 1.165) is 31.5 Å². The first-order valence-electron chi connectivity index (χ1n) is 7.19. The molecule has 1 saturated heterocycles. The van der Waals surface area contributed by atoms with Gasteiger partial charge in [0.05, 0.1) is 5.69 Å². The molecule has 1 aromatic rings. The van der Waals surface area contributed by atoms with Crippen LogP contribution in [0.2, 0.25) is 0 Å². The van der Waals surface area contributed by atoms with E-state index in [4.69, 9.17) is 0 Å². The Bertz CT molecular complexity index is 592. The van der Waals surface area contributed by atoms with E-state index in [0.29, 0.717) is 24.7 Å². The van der Waals surface area contributed by atoms with Gasteiger partial charge in [0.15, 0.2) is 0 Å². The highest BCUT2D eigenvalue weighted by Gasteiger charge is 2.26. The van der Waals surface area contributed by atoms with Gasteiger partial charge < -0.3 is 5.32 Å². The standard InChI is InChI=1S/C14H21N3O2S/c1-11-5-8-17(9-6-11)20(18,19)16-13-2-3-14-12(10-13)4-7-15-14/h2-3,10-11,15-16H,4-9H2,1H3. The van der Waals surface area contributed by atoms with E-state index in [2.05, 4.69) is 17.0 Å². The fourth-order valence-corrected chi connectivity index (χ4v) is 4.05. The van der Waals surface area contributed by atoms with Crippen LogP contribution in [0.25, 0.3) is 0 Å². The van der Waals surface area contributed by atoms with Gasteiger partial charge in [0, 0.05) is 25.3 Å². The lowest BCUT2D eigenvalue weighted by Gasteiger charge is -2.29. The van der Waals surface area contributed by atoms with Crippen molar-refractivity contribution < 1.29 is 8.42 Å². The van der Waals surface area contributed by atoms with Gasteiger partial charge in [0.2, 0.25) is 0 Å². The van der Waals surface area contributed by atoms with Crippen LogP contribution in [0.5, 0.6) is 0 Å².